The zero-order chi connectivity index (χ0) is 8.20. The van der Waals surface area contributed by atoms with Crippen molar-refractivity contribution in [1.82, 2.24) is 0 Å². The van der Waals surface area contributed by atoms with Crippen LogP contribution in [0.3, 0.4) is 0 Å². The van der Waals surface area contributed by atoms with Crippen molar-refractivity contribution in [1.29, 1.82) is 0 Å². The minimum absolute atomic E-state index is 0.0498. The molecule has 2 heteroatoms. The maximum atomic E-state index is 9.42. The molecule has 10 heavy (non-hydrogen) atoms. The SMILES string of the molecule is CCC[C@H](O)C(C)(C)CO. The summed E-state index contributed by atoms with van der Waals surface area (Å²) >= 11 is 0. The molecular weight excluding hydrogens is 128 g/mol. The molecule has 0 spiro atoms. The van der Waals surface area contributed by atoms with Crippen LogP contribution in [0, 0.1) is 5.41 Å². The quantitative estimate of drug-likeness (QED) is 0.625. The summed E-state index contributed by atoms with van der Waals surface area (Å²) in [6.45, 7) is 5.81. The van der Waals surface area contributed by atoms with Crippen molar-refractivity contribution in [2.24, 2.45) is 5.41 Å². The molecule has 2 nitrogen and oxygen atoms in total. The smallest absolute Gasteiger partial charge is 0.0612 e. The van der Waals surface area contributed by atoms with Crippen molar-refractivity contribution >= 4 is 0 Å². The third-order valence-corrected chi connectivity index (χ3v) is 1.87. The lowest BCUT2D eigenvalue weighted by Crippen LogP contribution is -2.32. The molecule has 0 heterocycles. The van der Waals surface area contributed by atoms with Crippen molar-refractivity contribution in [3.05, 3.63) is 0 Å². The fourth-order valence-electron chi connectivity index (χ4n) is 0.770. The Morgan fingerprint density at radius 2 is 1.90 bits per heavy atom. The predicted octanol–water partition coefficient (Wildman–Crippen LogP) is 1.17. The van der Waals surface area contributed by atoms with E-state index in [0.29, 0.717) is 0 Å². The Kier molecular flexibility index (Phi) is 3.91. The van der Waals surface area contributed by atoms with Gasteiger partial charge in [0.1, 0.15) is 0 Å². The van der Waals surface area contributed by atoms with Gasteiger partial charge in [-0.05, 0) is 6.42 Å². The van der Waals surface area contributed by atoms with Gasteiger partial charge in [0.15, 0.2) is 0 Å². The molecule has 0 radical (unpaired) electrons. The van der Waals surface area contributed by atoms with E-state index in [0.717, 1.165) is 12.8 Å². The summed E-state index contributed by atoms with van der Waals surface area (Å²) in [5, 5.41) is 18.2. The zero-order valence-electron chi connectivity index (χ0n) is 7.09. The molecule has 0 aromatic carbocycles. The minimum atomic E-state index is -0.373. The van der Waals surface area contributed by atoms with Gasteiger partial charge >= 0.3 is 0 Å². The Hall–Kier alpha value is -0.0800. The molecule has 0 aliphatic carbocycles. The Morgan fingerprint density at radius 1 is 1.40 bits per heavy atom. The number of aliphatic hydroxyl groups is 2. The van der Waals surface area contributed by atoms with E-state index in [4.69, 9.17) is 5.11 Å². The first-order valence-electron chi connectivity index (χ1n) is 3.83. The van der Waals surface area contributed by atoms with Crippen LogP contribution in [0.2, 0.25) is 0 Å². The molecule has 0 saturated carbocycles. The number of aliphatic hydroxyl groups excluding tert-OH is 2. The number of rotatable bonds is 4. The van der Waals surface area contributed by atoms with E-state index in [1.54, 1.807) is 0 Å². The second-order valence-corrected chi connectivity index (χ2v) is 3.45. The van der Waals surface area contributed by atoms with Gasteiger partial charge < -0.3 is 10.2 Å². The highest BCUT2D eigenvalue weighted by atomic mass is 16.3. The van der Waals surface area contributed by atoms with Crippen molar-refractivity contribution in [2.45, 2.75) is 39.7 Å². The fraction of sp³-hybridized carbons (Fsp3) is 1.00. The molecule has 0 saturated heterocycles. The van der Waals surface area contributed by atoms with Crippen LogP contribution in [0.1, 0.15) is 33.6 Å². The average molecular weight is 146 g/mol. The van der Waals surface area contributed by atoms with Crippen LogP contribution >= 0.6 is 0 Å². The molecule has 0 unspecified atom stereocenters. The second-order valence-electron chi connectivity index (χ2n) is 3.45. The number of hydrogen-bond acceptors (Lipinski definition) is 2. The van der Waals surface area contributed by atoms with Crippen LogP contribution in [0.15, 0.2) is 0 Å². The molecule has 62 valence electrons. The first-order valence-corrected chi connectivity index (χ1v) is 3.83. The molecule has 0 rings (SSSR count). The summed E-state index contributed by atoms with van der Waals surface area (Å²) in [7, 11) is 0. The van der Waals surface area contributed by atoms with E-state index in [9.17, 15) is 5.11 Å². The first-order chi connectivity index (χ1) is 4.54. The highest BCUT2D eigenvalue weighted by Gasteiger charge is 2.25. The Labute approximate surface area is 62.9 Å². The topological polar surface area (TPSA) is 40.5 Å². The second kappa shape index (κ2) is 3.94. The third-order valence-electron chi connectivity index (χ3n) is 1.87. The van der Waals surface area contributed by atoms with Gasteiger partial charge in [0.25, 0.3) is 0 Å². The lowest BCUT2D eigenvalue weighted by atomic mass is 9.85. The molecule has 2 N–H and O–H groups in total. The summed E-state index contributed by atoms with van der Waals surface area (Å²) in [6.07, 6.45) is 1.36. The lowest BCUT2D eigenvalue weighted by molar-refractivity contribution is 0.00254. The van der Waals surface area contributed by atoms with Crippen LogP contribution in [-0.4, -0.2) is 22.9 Å². The van der Waals surface area contributed by atoms with E-state index in [-0.39, 0.29) is 18.1 Å². The van der Waals surface area contributed by atoms with E-state index >= 15 is 0 Å². The van der Waals surface area contributed by atoms with E-state index in [1.807, 2.05) is 20.8 Å². The van der Waals surface area contributed by atoms with Crippen molar-refractivity contribution in [2.75, 3.05) is 6.61 Å². The molecule has 0 aromatic rings. The molecule has 0 amide bonds. The van der Waals surface area contributed by atoms with Gasteiger partial charge in [-0.15, -0.1) is 0 Å². The van der Waals surface area contributed by atoms with Gasteiger partial charge in [0.05, 0.1) is 12.7 Å². The van der Waals surface area contributed by atoms with Gasteiger partial charge in [-0.3, -0.25) is 0 Å². The monoisotopic (exact) mass is 146 g/mol. The Bertz CT molecular complexity index is 89.3. The van der Waals surface area contributed by atoms with Crippen LogP contribution in [0.25, 0.3) is 0 Å². The number of hydrogen-bond donors (Lipinski definition) is 2. The summed E-state index contributed by atoms with van der Waals surface area (Å²) in [6, 6.07) is 0. The van der Waals surface area contributed by atoms with E-state index in [2.05, 4.69) is 0 Å². The Balaban J connectivity index is 3.78. The maximum Gasteiger partial charge on any atom is 0.0612 e. The van der Waals surface area contributed by atoms with Crippen LogP contribution in [0.4, 0.5) is 0 Å². The molecule has 0 fully saturated rings. The third kappa shape index (κ3) is 2.67. The highest BCUT2D eigenvalue weighted by molar-refractivity contribution is 4.75. The van der Waals surface area contributed by atoms with Gasteiger partial charge in [0.2, 0.25) is 0 Å². The van der Waals surface area contributed by atoms with Gasteiger partial charge in [-0.2, -0.15) is 0 Å². The molecule has 0 aliphatic rings. The lowest BCUT2D eigenvalue weighted by Gasteiger charge is -2.27. The Morgan fingerprint density at radius 3 is 2.20 bits per heavy atom. The zero-order valence-corrected chi connectivity index (χ0v) is 7.09. The minimum Gasteiger partial charge on any atom is -0.396 e. The summed E-state index contributed by atoms with van der Waals surface area (Å²) in [5.41, 5.74) is -0.337. The summed E-state index contributed by atoms with van der Waals surface area (Å²) in [4.78, 5) is 0. The molecule has 0 aliphatic heterocycles. The average Bonchev–Trinajstić information content (AvgIpc) is 1.89. The molecule has 0 bridgehead atoms. The standard InChI is InChI=1S/C8H18O2/c1-4-5-7(10)8(2,3)6-9/h7,9-10H,4-6H2,1-3H3/t7-/m0/s1. The van der Waals surface area contributed by atoms with Crippen LogP contribution in [-0.2, 0) is 0 Å². The highest BCUT2D eigenvalue weighted by Crippen LogP contribution is 2.22. The maximum absolute atomic E-state index is 9.42. The normalized spacial score (nSPS) is 15.3. The van der Waals surface area contributed by atoms with Crippen molar-refractivity contribution in [3.63, 3.8) is 0 Å². The first kappa shape index (κ1) is 9.92. The molecular formula is C8H18O2. The molecule has 1 atom stereocenters. The van der Waals surface area contributed by atoms with E-state index in [1.165, 1.54) is 0 Å². The largest absolute Gasteiger partial charge is 0.396 e. The predicted molar refractivity (Wildman–Crippen MR) is 41.8 cm³/mol. The van der Waals surface area contributed by atoms with Crippen LogP contribution in [0.5, 0.6) is 0 Å². The molecule has 0 aromatic heterocycles. The summed E-state index contributed by atoms with van der Waals surface area (Å²) in [5.74, 6) is 0. The fourth-order valence-corrected chi connectivity index (χ4v) is 0.770. The van der Waals surface area contributed by atoms with Crippen molar-refractivity contribution in [3.8, 4) is 0 Å². The summed E-state index contributed by atoms with van der Waals surface area (Å²) < 4.78 is 0. The van der Waals surface area contributed by atoms with Crippen LogP contribution < -0.4 is 0 Å². The van der Waals surface area contributed by atoms with Crippen molar-refractivity contribution < 1.29 is 10.2 Å². The van der Waals surface area contributed by atoms with E-state index < -0.39 is 0 Å². The van der Waals surface area contributed by atoms with Gasteiger partial charge in [-0.1, -0.05) is 27.2 Å². The van der Waals surface area contributed by atoms with Gasteiger partial charge in [0, 0.05) is 5.41 Å². The van der Waals surface area contributed by atoms with Gasteiger partial charge in [-0.25, -0.2) is 0 Å².